The van der Waals surface area contributed by atoms with Crippen LogP contribution in [0.1, 0.15) is 25.5 Å². The molecular formula is C29H27ClFN7O. The van der Waals surface area contributed by atoms with Crippen LogP contribution in [0.15, 0.2) is 73.2 Å². The molecule has 5 aromatic rings. The highest BCUT2D eigenvalue weighted by Crippen LogP contribution is 2.32. The van der Waals surface area contributed by atoms with Gasteiger partial charge in [0.1, 0.15) is 36.0 Å². The molecule has 0 radical (unpaired) electrons. The summed E-state index contributed by atoms with van der Waals surface area (Å²) in [7, 11) is 0. The summed E-state index contributed by atoms with van der Waals surface area (Å²) < 4.78 is 21.2. The van der Waals surface area contributed by atoms with Crippen LogP contribution in [0.2, 0.25) is 5.02 Å². The van der Waals surface area contributed by atoms with Crippen LogP contribution < -0.4 is 10.1 Å². The Balaban J connectivity index is 1.19. The van der Waals surface area contributed by atoms with Gasteiger partial charge in [-0.25, -0.2) is 19.0 Å². The van der Waals surface area contributed by atoms with Crippen molar-refractivity contribution in [3.05, 3.63) is 89.6 Å². The van der Waals surface area contributed by atoms with Crippen LogP contribution in [0.3, 0.4) is 0 Å². The zero-order chi connectivity index (χ0) is 26.9. The fourth-order valence-electron chi connectivity index (χ4n) is 4.60. The van der Waals surface area contributed by atoms with Crippen molar-refractivity contribution in [2.75, 3.05) is 18.4 Å². The molecule has 1 aliphatic heterocycles. The van der Waals surface area contributed by atoms with Crippen molar-refractivity contribution in [2.45, 2.75) is 32.5 Å². The molecule has 1 N–H and O–H groups in total. The van der Waals surface area contributed by atoms with E-state index in [9.17, 15) is 4.39 Å². The molecule has 6 rings (SSSR count). The van der Waals surface area contributed by atoms with Gasteiger partial charge in [0.2, 0.25) is 0 Å². The molecule has 0 saturated carbocycles. The van der Waals surface area contributed by atoms with E-state index in [2.05, 4.69) is 44.3 Å². The van der Waals surface area contributed by atoms with E-state index in [0.29, 0.717) is 28.7 Å². The number of aromatic nitrogens is 5. The monoisotopic (exact) mass is 543 g/mol. The minimum atomic E-state index is -0.303. The zero-order valence-electron chi connectivity index (χ0n) is 21.6. The third-order valence-corrected chi connectivity index (χ3v) is 7.21. The number of hydrogen-bond donors (Lipinski definition) is 1. The molecule has 0 amide bonds. The van der Waals surface area contributed by atoms with Gasteiger partial charge in [0.05, 0.1) is 22.8 Å². The van der Waals surface area contributed by atoms with Crippen molar-refractivity contribution in [3.8, 4) is 17.0 Å². The van der Waals surface area contributed by atoms with Gasteiger partial charge in [-0.05, 0) is 61.9 Å². The number of likely N-dealkylation sites (tertiary alicyclic amines) is 1. The molecule has 3 aromatic carbocycles. The first-order chi connectivity index (χ1) is 18.9. The number of rotatable bonds is 8. The van der Waals surface area contributed by atoms with Gasteiger partial charge in [0, 0.05) is 35.8 Å². The summed E-state index contributed by atoms with van der Waals surface area (Å²) in [4.78, 5) is 11.3. The SMILES string of the molecule is CC(C)N1CC(n2cc(-c3ccc4ncnc(Nc5ccc(OCc6cccc(F)c6)c(Cl)c5)c4c3)nn2)C1. The number of fused-ring (bicyclic) bond motifs is 1. The summed E-state index contributed by atoms with van der Waals surface area (Å²) in [5.41, 5.74) is 4.01. The van der Waals surface area contributed by atoms with E-state index in [0.717, 1.165) is 46.5 Å². The van der Waals surface area contributed by atoms with Crippen LogP contribution in [0, 0.1) is 5.82 Å². The van der Waals surface area contributed by atoms with E-state index in [4.69, 9.17) is 16.3 Å². The van der Waals surface area contributed by atoms with Crippen molar-refractivity contribution >= 4 is 34.0 Å². The second-order valence-corrected chi connectivity index (χ2v) is 10.3. The van der Waals surface area contributed by atoms with Crippen LogP contribution in [-0.4, -0.2) is 49.0 Å². The molecule has 0 spiro atoms. The topological polar surface area (TPSA) is 81.0 Å². The second-order valence-electron chi connectivity index (χ2n) is 9.93. The summed E-state index contributed by atoms with van der Waals surface area (Å²) >= 11 is 6.50. The number of ether oxygens (including phenoxy) is 1. The molecular weight excluding hydrogens is 517 g/mol. The first-order valence-electron chi connectivity index (χ1n) is 12.8. The van der Waals surface area contributed by atoms with E-state index in [-0.39, 0.29) is 12.4 Å². The third kappa shape index (κ3) is 5.41. The lowest BCUT2D eigenvalue weighted by Crippen LogP contribution is -2.51. The number of nitrogens with one attached hydrogen (secondary N) is 1. The Morgan fingerprint density at radius 2 is 1.95 bits per heavy atom. The van der Waals surface area contributed by atoms with E-state index >= 15 is 0 Å². The average molecular weight is 544 g/mol. The Bertz CT molecular complexity index is 1630. The maximum absolute atomic E-state index is 13.4. The van der Waals surface area contributed by atoms with Crippen molar-refractivity contribution < 1.29 is 9.13 Å². The Morgan fingerprint density at radius 1 is 1.08 bits per heavy atom. The van der Waals surface area contributed by atoms with Crippen molar-refractivity contribution in [1.82, 2.24) is 29.9 Å². The van der Waals surface area contributed by atoms with Crippen LogP contribution in [0.25, 0.3) is 22.2 Å². The molecule has 0 unspecified atom stereocenters. The lowest BCUT2D eigenvalue weighted by molar-refractivity contribution is 0.0664. The largest absolute Gasteiger partial charge is 0.487 e. The third-order valence-electron chi connectivity index (χ3n) is 6.91. The first kappa shape index (κ1) is 25.2. The number of anilines is 2. The number of hydrogen-bond acceptors (Lipinski definition) is 7. The van der Waals surface area contributed by atoms with Gasteiger partial charge in [0.15, 0.2) is 0 Å². The molecule has 10 heteroatoms. The minimum absolute atomic E-state index is 0.213. The molecule has 1 fully saturated rings. The van der Waals surface area contributed by atoms with E-state index in [1.54, 1.807) is 24.3 Å². The highest BCUT2D eigenvalue weighted by molar-refractivity contribution is 6.32. The van der Waals surface area contributed by atoms with Gasteiger partial charge in [-0.3, -0.25) is 4.90 Å². The quantitative estimate of drug-likeness (QED) is 0.247. The summed E-state index contributed by atoms with van der Waals surface area (Å²) in [6, 6.07) is 18.5. The fraction of sp³-hybridized carbons (Fsp3) is 0.241. The fourth-order valence-corrected chi connectivity index (χ4v) is 4.84. The van der Waals surface area contributed by atoms with Crippen molar-refractivity contribution in [1.29, 1.82) is 0 Å². The molecule has 0 atom stereocenters. The van der Waals surface area contributed by atoms with Gasteiger partial charge < -0.3 is 10.1 Å². The van der Waals surface area contributed by atoms with Crippen LogP contribution in [0.5, 0.6) is 5.75 Å². The summed E-state index contributed by atoms with van der Waals surface area (Å²) in [6.45, 7) is 6.59. The highest BCUT2D eigenvalue weighted by Gasteiger charge is 2.30. The normalized spacial score (nSPS) is 14.1. The lowest BCUT2D eigenvalue weighted by Gasteiger charge is -2.41. The summed E-state index contributed by atoms with van der Waals surface area (Å²) in [5, 5.41) is 13.4. The van der Waals surface area contributed by atoms with Gasteiger partial charge in [-0.1, -0.05) is 35.0 Å². The summed E-state index contributed by atoms with van der Waals surface area (Å²) in [5.74, 6) is 0.848. The predicted octanol–water partition coefficient (Wildman–Crippen LogP) is 6.27. The second kappa shape index (κ2) is 10.6. The lowest BCUT2D eigenvalue weighted by atomic mass is 10.1. The number of benzene rings is 3. The van der Waals surface area contributed by atoms with E-state index < -0.39 is 0 Å². The van der Waals surface area contributed by atoms with Crippen LogP contribution >= 0.6 is 11.6 Å². The minimum Gasteiger partial charge on any atom is -0.487 e. The number of nitrogens with zero attached hydrogens (tertiary/aromatic N) is 6. The highest BCUT2D eigenvalue weighted by atomic mass is 35.5. The van der Waals surface area contributed by atoms with Crippen LogP contribution in [0.4, 0.5) is 15.9 Å². The molecule has 1 aliphatic rings. The first-order valence-corrected chi connectivity index (χ1v) is 13.2. The molecule has 3 heterocycles. The molecule has 2 aromatic heterocycles. The number of halogens is 2. The smallest absolute Gasteiger partial charge is 0.141 e. The van der Waals surface area contributed by atoms with Crippen molar-refractivity contribution in [2.24, 2.45) is 0 Å². The molecule has 198 valence electrons. The van der Waals surface area contributed by atoms with E-state index in [1.165, 1.54) is 18.5 Å². The zero-order valence-corrected chi connectivity index (χ0v) is 22.3. The Morgan fingerprint density at radius 3 is 2.74 bits per heavy atom. The van der Waals surface area contributed by atoms with Gasteiger partial charge in [0.25, 0.3) is 0 Å². The van der Waals surface area contributed by atoms with Crippen molar-refractivity contribution in [3.63, 3.8) is 0 Å². The molecule has 39 heavy (non-hydrogen) atoms. The Kier molecular flexibility index (Phi) is 6.85. The average Bonchev–Trinajstić information content (AvgIpc) is 3.37. The van der Waals surface area contributed by atoms with Gasteiger partial charge >= 0.3 is 0 Å². The maximum Gasteiger partial charge on any atom is 0.141 e. The summed E-state index contributed by atoms with van der Waals surface area (Å²) in [6.07, 6.45) is 3.53. The van der Waals surface area contributed by atoms with Crippen LogP contribution in [-0.2, 0) is 6.61 Å². The molecule has 0 aliphatic carbocycles. The van der Waals surface area contributed by atoms with Gasteiger partial charge in [-0.2, -0.15) is 0 Å². The Labute approximate surface area is 230 Å². The maximum atomic E-state index is 13.4. The predicted molar refractivity (Wildman–Crippen MR) is 150 cm³/mol. The molecule has 0 bridgehead atoms. The standard InChI is InChI=1S/C29H27ClFN7O/c1-18(2)37-13-23(14-37)38-15-27(35-36-38)20-6-8-26-24(11-20)29(33-17-32-26)34-22-7-9-28(25(30)12-22)39-16-19-4-3-5-21(31)10-19/h3-12,15,17-18,23H,13-14,16H2,1-2H3,(H,32,33,34). The Hall–Kier alpha value is -4.08. The molecule has 8 nitrogen and oxygen atoms in total. The van der Waals surface area contributed by atoms with Gasteiger partial charge in [-0.15, -0.1) is 5.10 Å². The molecule has 1 saturated heterocycles. The van der Waals surface area contributed by atoms with E-state index in [1.807, 2.05) is 35.1 Å².